The first-order valence-electron chi connectivity index (χ1n) is 7.23. The minimum atomic E-state index is -0.655. The van der Waals surface area contributed by atoms with Crippen molar-refractivity contribution in [3.8, 4) is 11.1 Å². The van der Waals surface area contributed by atoms with E-state index in [1.54, 1.807) is 12.1 Å². The first kappa shape index (κ1) is 17.1. The molecule has 9 heteroatoms. The Hall–Kier alpha value is -2.71. The molecule has 2 heterocycles. The number of rotatable bonds is 5. The fourth-order valence-electron chi connectivity index (χ4n) is 2.32. The summed E-state index contributed by atoms with van der Waals surface area (Å²) in [5.41, 5.74) is 6.22. The summed E-state index contributed by atoms with van der Waals surface area (Å²) in [5.74, 6) is -1.15. The second-order valence-corrected chi connectivity index (χ2v) is 6.55. The number of nitrogens with two attached hydrogens (primary N) is 1. The molecule has 0 aliphatic rings. The quantitative estimate of drug-likeness (QED) is 0.701. The van der Waals surface area contributed by atoms with Crippen molar-refractivity contribution in [2.45, 2.75) is 6.54 Å². The molecule has 0 fully saturated rings. The number of hydrogen-bond acceptors (Lipinski definition) is 5. The maximum Gasteiger partial charge on any atom is 0.263 e. The van der Waals surface area contributed by atoms with Crippen LogP contribution in [0.1, 0.15) is 0 Å². The number of thiophene rings is 1. The van der Waals surface area contributed by atoms with E-state index in [1.165, 1.54) is 22.2 Å². The van der Waals surface area contributed by atoms with Crippen molar-refractivity contribution >= 4 is 45.0 Å². The molecule has 2 aromatic heterocycles. The van der Waals surface area contributed by atoms with Gasteiger partial charge in [-0.25, -0.2) is 4.98 Å². The highest BCUT2D eigenvalue weighted by Crippen LogP contribution is 2.31. The molecule has 2 amide bonds. The van der Waals surface area contributed by atoms with Crippen LogP contribution >= 0.6 is 22.9 Å². The molecule has 0 atom stereocenters. The van der Waals surface area contributed by atoms with Crippen LogP contribution in [-0.4, -0.2) is 27.9 Å². The van der Waals surface area contributed by atoms with E-state index >= 15 is 0 Å². The Morgan fingerprint density at radius 2 is 2.00 bits per heavy atom. The van der Waals surface area contributed by atoms with Crippen molar-refractivity contribution in [1.82, 2.24) is 14.9 Å². The highest BCUT2D eigenvalue weighted by molar-refractivity contribution is 7.17. The lowest BCUT2D eigenvalue weighted by Gasteiger charge is -2.06. The van der Waals surface area contributed by atoms with Gasteiger partial charge in [-0.15, -0.1) is 11.3 Å². The molecule has 128 valence electrons. The monoisotopic (exact) mass is 376 g/mol. The minimum Gasteiger partial charge on any atom is -0.368 e. The summed E-state index contributed by atoms with van der Waals surface area (Å²) in [6.07, 6.45) is 1.32. The number of benzene rings is 1. The minimum absolute atomic E-state index is 0.245. The van der Waals surface area contributed by atoms with Crippen LogP contribution in [0, 0.1) is 0 Å². The summed E-state index contributed by atoms with van der Waals surface area (Å²) < 4.78 is 1.20. The average Bonchev–Trinajstić information content (AvgIpc) is 3.01. The molecular weight excluding hydrogens is 364 g/mol. The van der Waals surface area contributed by atoms with Gasteiger partial charge in [-0.2, -0.15) is 0 Å². The van der Waals surface area contributed by atoms with Gasteiger partial charge in [-0.1, -0.05) is 23.7 Å². The molecule has 25 heavy (non-hydrogen) atoms. The van der Waals surface area contributed by atoms with Gasteiger partial charge in [0.2, 0.25) is 11.8 Å². The number of hydrogen-bond donors (Lipinski definition) is 2. The Kier molecular flexibility index (Phi) is 4.82. The first-order valence-corrected chi connectivity index (χ1v) is 8.49. The zero-order valence-corrected chi connectivity index (χ0v) is 14.4. The number of aromatic nitrogens is 2. The molecule has 0 radical (unpaired) electrons. The number of carbonyl (C=O) groups is 2. The van der Waals surface area contributed by atoms with Crippen molar-refractivity contribution in [1.29, 1.82) is 0 Å². The maximum atomic E-state index is 12.8. The Morgan fingerprint density at radius 1 is 1.28 bits per heavy atom. The van der Waals surface area contributed by atoms with E-state index in [1.807, 2.05) is 17.5 Å². The molecule has 0 spiro atoms. The summed E-state index contributed by atoms with van der Waals surface area (Å²) in [4.78, 5) is 40.1. The summed E-state index contributed by atoms with van der Waals surface area (Å²) in [5, 5.41) is 5.23. The normalized spacial score (nSPS) is 10.8. The second kappa shape index (κ2) is 7.04. The van der Waals surface area contributed by atoms with Crippen molar-refractivity contribution in [3.63, 3.8) is 0 Å². The Balaban J connectivity index is 1.97. The zero-order chi connectivity index (χ0) is 18.0. The van der Waals surface area contributed by atoms with Crippen molar-refractivity contribution in [2.24, 2.45) is 5.73 Å². The maximum absolute atomic E-state index is 12.8. The largest absolute Gasteiger partial charge is 0.368 e. The molecule has 3 aromatic rings. The van der Waals surface area contributed by atoms with E-state index in [2.05, 4.69) is 10.3 Å². The number of nitrogens with zero attached hydrogens (tertiary/aromatic N) is 2. The molecule has 0 aliphatic carbocycles. The fourth-order valence-corrected chi connectivity index (χ4v) is 3.35. The standard InChI is InChI=1S/C16H13ClN4O3S/c17-10-3-1-9(2-4-10)11-7-25-15-14(11)16(24)21(8-20-15)6-13(23)19-5-12(18)22/h1-4,7-8H,5-6H2,(H2,18,22)(H,19,23). The van der Waals surface area contributed by atoms with E-state index in [4.69, 9.17) is 17.3 Å². The summed E-state index contributed by atoms with van der Waals surface area (Å²) in [7, 11) is 0. The third kappa shape index (κ3) is 3.70. The van der Waals surface area contributed by atoms with Crippen LogP contribution in [0.15, 0.2) is 40.8 Å². The predicted octanol–water partition coefficient (Wildman–Crippen LogP) is 1.38. The van der Waals surface area contributed by atoms with E-state index in [-0.39, 0.29) is 18.6 Å². The summed E-state index contributed by atoms with van der Waals surface area (Å²) in [6, 6.07) is 7.12. The topological polar surface area (TPSA) is 107 Å². The Labute approximate surface area is 151 Å². The zero-order valence-electron chi connectivity index (χ0n) is 12.9. The van der Waals surface area contributed by atoms with E-state index in [0.717, 1.165) is 11.1 Å². The van der Waals surface area contributed by atoms with Crippen LogP contribution in [0.25, 0.3) is 21.3 Å². The van der Waals surface area contributed by atoms with Crippen molar-refractivity contribution < 1.29 is 9.59 Å². The van der Waals surface area contributed by atoms with Crippen molar-refractivity contribution in [3.05, 3.63) is 51.3 Å². The van der Waals surface area contributed by atoms with Gasteiger partial charge < -0.3 is 11.1 Å². The van der Waals surface area contributed by atoms with Crippen molar-refractivity contribution in [2.75, 3.05) is 6.54 Å². The number of fused-ring (bicyclic) bond motifs is 1. The number of primary amides is 1. The van der Waals surface area contributed by atoms with Crippen LogP contribution in [0.3, 0.4) is 0 Å². The lowest BCUT2D eigenvalue weighted by molar-refractivity contribution is -0.125. The smallest absolute Gasteiger partial charge is 0.263 e. The van der Waals surface area contributed by atoms with Gasteiger partial charge in [0.05, 0.1) is 18.3 Å². The lowest BCUT2D eigenvalue weighted by Crippen LogP contribution is -2.37. The van der Waals surface area contributed by atoms with Gasteiger partial charge in [-0.3, -0.25) is 19.0 Å². The van der Waals surface area contributed by atoms with Gasteiger partial charge in [0.15, 0.2) is 0 Å². The molecule has 0 saturated heterocycles. The molecule has 7 nitrogen and oxygen atoms in total. The second-order valence-electron chi connectivity index (χ2n) is 5.26. The average molecular weight is 377 g/mol. The van der Waals surface area contributed by atoms with Crippen LogP contribution < -0.4 is 16.6 Å². The Morgan fingerprint density at radius 3 is 2.68 bits per heavy atom. The van der Waals surface area contributed by atoms with Crippen LogP contribution in [0.4, 0.5) is 0 Å². The number of halogens is 1. The molecule has 3 N–H and O–H groups in total. The fraction of sp³-hybridized carbons (Fsp3) is 0.125. The highest BCUT2D eigenvalue weighted by Gasteiger charge is 2.14. The third-order valence-corrected chi connectivity index (χ3v) is 4.63. The van der Waals surface area contributed by atoms with Gasteiger partial charge >= 0.3 is 0 Å². The van der Waals surface area contributed by atoms with Gasteiger partial charge in [0.1, 0.15) is 11.4 Å². The molecule has 1 aromatic carbocycles. The molecule has 0 aliphatic heterocycles. The predicted molar refractivity (Wildman–Crippen MR) is 96.5 cm³/mol. The van der Waals surface area contributed by atoms with Gasteiger partial charge in [-0.05, 0) is 17.7 Å². The Bertz CT molecular complexity index is 1010. The highest BCUT2D eigenvalue weighted by atomic mass is 35.5. The van der Waals surface area contributed by atoms with E-state index in [0.29, 0.717) is 15.2 Å². The SMILES string of the molecule is NC(=O)CNC(=O)Cn1cnc2scc(-c3ccc(Cl)cc3)c2c1=O. The molecule has 0 bridgehead atoms. The third-order valence-electron chi connectivity index (χ3n) is 3.49. The van der Waals surface area contributed by atoms with Gasteiger partial charge in [0.25, 0.3) is 5.56 Å². The molecule has 0 saturated carbocycles. The molecular formula is C16H13ClN4O3S. The van der Waals surface area contributed by atoms with E-state index < -0.39 is 11.8 Å². The first-order chi connectivity index (χ1) is 12.0. The van der Waals surface area contributed by atoms with Crippen LogP contribution in [0.2, 0.25) is 5.02 Å². The molecule has 3 rings (SSSR count). The number of nitrogens with one attached hydrogen (secondary N) is 1. The number of amides is 2. The van der Waals surface area contributed by atoms with Crippen LogP contribution in [0.5, 0.6) is 0 Å². The van der Waals surface area contributed by atoms with E-state index in [9.17, 15) is 14.4 Å². The summed E-state index contributed by atoms with van der Waals surface area (Å²) in [6.45, 7) is -0.525. The number of carbonyl (C=O) groups excluding carboxylic acids is 2. The van der Waals surface area contributed by atoms with Crippen LogP contribution in [-0.2, 0) is 16.1 Å². The lowest BCUT2D eigenvalue weighted by atomic mass is 10.1. The van der Waals surface area contributed by atoms with Gasteiger partial charge in [0, 0.05) is 16.0 Å². The molecule has 0 unspecified atom stereocenters. The summed E-state index contributed by atoms with van der Waals surface area (Å²) >= 11 is 7.25.